The molecule has 0 bridgehead atoms. The van der Waals surface area contributed by atoms with Gasteiger partial charge in [-0.15, -0.1) is 0 Å². The van der Waals surface area contributed by atoms with Gasteiger partial charge in [0.2, 0.25) is 0 Å². The molecular formula is C19H19N3O3. The lowest BCUT2D eigenvalue weighted by Crippen LogP contribution is -2.13. The maximum absolute atomic E-state index is 12.4. The number of amides is 1. The van der Waals surface area contributed by atoms with Crippen LogP contribution in [0.2, 0.25) is 0 Å². The third kappa shape index (κ3) is 4.38. The van der Waals surface area contributed by atoms with E-state index in [0.717, 1.165) is 5.76 Å². The SMILES string of the molecule is CCOc1ccccc1NC(=O)c1ccc(NCc2ccco2)nc1. The molecule has 128 valence electrons. The lowest BCUT2D eigenvalue weighted by atomic mass is 10.2. The average Bonchev–Trinajstić information content (AvgIpc) is 3.16. The van der Waals surface area contributed by atoms with Crippen molar-refractivity contribution in [1.82, 2.24) is 4.98 Å². The summed E-state index contributed by atoms with van der Waals surface area (Å²) in [5.41, 5.74) is 1.10. The van der Waals surface area contributed by atoms with E-state index in [-0.39, 0.29) is 5.91 Å². The van der Waals surface area contributed by atoms with Gasteiger partial charge in [-0.3, -0.25) is 4.79 Å². The van der Waals surface area contributed by atoms with Crippen molar-refractivity contribution in [3.8, 4) is 5.75 Å². The van der Waals surface area contributed by atoms with Crippen LogP contribution in [0.1, 0.15) is 23.0 Å². The van der Waals surface area contributed by atoms with Crippen LogP contribution in [0.15, 0.2) is 65.4 Å². The molecule has 0 saturated heterocycles. The number of nitrogens with one attached hydrogen (secondary N) is 2. The molecule has 1 amide bonds. The number of pyridine rings is 1. The Morgan fingerprint density at radius 3 is 2.76 bits per heavy atom. The summed E-state index contributed by atoms with van der Waals surface area (Å²) in [5.74, 6) is 1.89. The number of carbonyl (C=O) groups is 1. The maximum Gasteiger partial charge on any atom is 0.257 e. The molecule has 0 radical (unpaired) electrons. The largest absolute Gasteiger partial charge is 0.492 e. The van der Waals surface area contributed by atoms with E-state index in [1.165, 1.54) is 6.20 Å². The van der Waals surface area contributed by atoms with E-state index in [1.54, 1.807) is 24.5 Å². The highest BCUT2D eigenvalue weighted by Crippen LogP contribution is 2.24. The second-order valence-corrected chi connectivity index (χ2v) is 5.25. The van der Waals surface area contributed by atoms with E-state index >= 15 is 0 Å². The van der Waals surface area contributed by atoms with E-state index < -0.39 is 0 Å². The lowest BCUT2D eigenvalue weighted by molar-refractivity contribution is 0.102. The monoisotopic (exact) mass is 337 g/mol. The van der Waals surface area contributed by atoms with Crippen LogP contribution in [0, 0.1) is 0 Å². The Morgan fingerprint density at radius 2 is 2.04 bits per heavy atom. The predicted molar refractivity (Wildman–Crippen MR) is 95.8 cm³/mol. The summed E-state index contributed by atoms with van der Waals surface area (Å²) in [4.78, 5) is 16.6. The first-order valence-electron chi connectivity index (χ1n) is 8.01. The van der Waals surface area contributed by atoms with E-state index in [0.29, 0.717) is 36.0 Å². The van der Waals surface area contributed by atoms with Crippen molar-refractivity contribution in [3.63, 3.8) is 0 Å². The second-order valence-electron chi connectivity index (χ2n) is 5.25. The highest BCUT2D eigenvalue weighted by atomic mass is 16.5. The maximum atomic E-state index is 12.4. The number of aromatic nitrogens is 1. The van der Waals surface area contributed by atoms with Gasteiger partial charge in [0.25, 0.3) is 5.91 Å². The summed E-state index contributed by atoms with van der Waals surface area (Å²) in [5, 5.41) is 5.98. The number of anilines is 2. The van der Waals surface area contributed by atoms with Crippen LogP contribution in [0.4, 0.5) is 11.5 Å². The minimum absolute atomic E-state index is 0.239. The van der Waals surface area contributed by atoms with E-state index in [9.17, 15) is 4.79 Å². The van der Waals surface area contributed by atoms with Crippen LogP contribution >= 0.6 is 0 Å². The first-order valence-corrected chi connectivity index (χ1v) is 8.01. The van der Waals surface area contributed by atoms with Gasteiger partial charge in [-0.2, -0.15) is 0 Å². The zero-order valence-electron chi connectivity index (χ0n) is 13.9. The Hall–Kier alpha value is -3.28. The third-order valence-corrected chi connectivity index (χ3v) is 3.48. The van der Waals surface area contributed by atoms with Gasteiger partial charge in [0.05, 0.1) is 30.7 Å². The Labute approximate surface area is 145 Å². The molecule has 0 aliphatic heterocycles. The Morgan fingerprint density at radius 1 is 1.16 bits per heavy atom. The predicted octanol–water partition coefficient (Wildman–Crippen LogP) is 3.94. The fourth-order valence-corrected chi connectivity index (χ4v) is 2.27. The summed E-state index contributed by atoms with van der Waals surface area (Å²) < 4.78 is 10.8. The van der Waals surface area contributed by atoms with Crippen LogP contribution in [0.5, 0.6) is 5.75 Å². The van der Waals surface area contributed by atoms with Crippen molar-refractivity contribution >= 4 is 17.4 Å². The Bertz CT molecular complexity index is 814. The Balaban J connectivity index is 1.62. The van der Waals surface area contributed by atoms with Crippen LogP contribution < -0.4 is 15.4 Å². The first-order chi connectivity index (χ1) is 12.3. The van der Waals surface area contributed by atoms with Gasteiger partial charge in [0.1, 0.15) is 17.3 Å². The van der Waals surface area contributed by atoms with E-state index in [4.69, 9.17) is 9.15 Å². The fourth-order valence-electron chi connectivity index (χ4n) is 2.27. The van der Waals surface area contributed by atoms with Crippen molar-refractivity contribution in [3.05, 3.63) is 72.3 Å². The number of carbonyl (C=O) groups excluding carboxylic acids is 1. The van der Waals surface area contributed by atoms with Gasteiger partial charge >= 0.3 is 0 Å². The van der Waals surface area contributed by atoms with Crippen LogP contribution in [0.3, 0.4) is 0 Å². The molecule has 0 fully saturated rings. The van der Waals surface area contributed by atoms with Gasteiger partial charge in [-0.1, -0.05) is 12.1 Å². The minimum Gasteiger partial charge on any atom is -0.492 e. The van der Waals surface area contributed by atoms with Crippen LogP contribution in [-0.2, 0) is 6.54 Å². The van der Waals surface area contributed by atoms with Crippen molar-refractivity contribution < 1.29 is 13.9 Å². The van der Waals surface area contributed by atoms with E-state index in [2.05, 4.69) is 15.6 Å². The molecule has 2 N–H and O–H groups in total. The number of benzene rings is 1. The summed E-state index contributed by atoms with van der Waals surface area (Å²) in [6.07, 6.45) is 3.15. The fraction of sp³-hybridized carbons (Fsp3) is 0.158. The molecule has 0 aliphatic carbocycles. The molecular weight excluding hydrogens is 318 g/mol. The molecule has 2 aromatic heterocycles. The summed E-state index contributed by atoms with van der Waals surface area (Å²) in [6.45, 7) is 2.97. The number of nitrogens with zero attached hydrogens (tertiary/aromatic N) is 1. The summed E-state index contributed by atoms with van der Waals surface area (Å²) in [6, 6.07) is 14.5. The third-order valence-electron chi connectivity index (χ3n) is 3.48. The molecule has 0 spiro atoms. The van der Waals surface area contributed by atoms with Crippen molar-refractivity contribution in [2.24, 2.45) is 0 Å². The van der Waals surface area contributed by atoms with Gasteiger partial charge in [-0.25, -0.2) is 4.98 Å². The smallest absolute Gasteiger partial charge is 0.257 e. The van der Waals surface area contributed by atoms with Crippen molar-refractivity contribution in [2.45, 2.75) is 13.5 Å². The Kier molecular flexibility index (Phi) is 5.31. The summed E-state index contributed by atoms with van der Waals surface area (Å²) in [7, 11) is 0. The molecule has 6 heteroatoms. The minimum atomic E-state index is -0.239. The average molecular weight is 337 g/mol. The molecule has 0 atom stereocenters. The quantitative estimate of drug-likeness (QED) is 0.683. The number of furan rings is 1. The topological polar surface area (TPSA) is 76.4 Å². The zero-order valence-corrected chi connectivity index (χ0v) is 13.9. The van der Waals surface area contributed by atoms with Gasteiger partial charge in [-0.05, 0) is 43.3 Å². The lowest BCUT2D eigenvalue weighted by Gasteiger charge is -2.11. The molecule has 0 saturated carbocycles. The standard InChI is InChI=1S/C19H19N3O3/c1-2-24-17-8-4-3-7-16(17)22-19(23)14-9-10-18(20-12-14)21-13-15-6-5-11-25-15/h3-12H,2,13H2,1H3,(H,20,21)(H,22,23). The van der Waals surface area contributed by atoms with Gasteiger partial charge in [0.15, 0.2) is 0 Å². The molecule has 0 aliphatic rings. The first kappa shape index (κ1) is 16.6. The van der Waals surface area contributed by atoms with Crippen molar-refractivity contribution in [1.29, 1.82) is 0 Å². The molecule has 3 aromatic rings. The van der Waals surface area contributed by atoms with Crippen LogP contribution in [-0.4, -0.2) is 17.5 Å². The molecule has 25 heavy (non-hydrogen) atoms. The highest BCUT2D eigenvalue weighted by Gasteiger charge is 2.10. The highest BCUT2D eigenvalue weighted by molar-refractivity contribution is 6.04. The van der Waals surface area contributed by atoms with Crippen LogP contribution in [0.25, 0.3) is 0 Å². The molecule has 6 nitrogen and oxygen atoms in total. The number of hydrogen-bond donors (Lipinski definition) is 2. The van der Waals surface area contributed by atoms with Crippen molar-refractivity contribution in [2.75, 3.05) is 17.2 Å². The second kappa shape index (κ2) is 8.01. The summed E-state index contributed by atoms with van der Waals surface area (Å²) >= 11 is 0. The zero-order chi connectivity index (χ0) is 17.5. The number of ether oxygens (including phenoxy) is 1. The van der Waals surface area contributed by atoms with Gasteiger partial charge in [0, 0.05) is 6.20 Å². The van der Waals surface area contributed by atoms with E-state index in [1.807, 2.05) is 37.3 Å². The molecule has 3 rings (SSSR count). The number of rotatable bonds is 7. The number of para-hydroxylation sites is 2. The molecule has 2 heterocycles. The normalized spacial score (nSPS) is 10.3. The number of hydrogen-bond acceptors (Lipinski definition) is 5. The molecule has 1 aromatic carbocycles. The van der Waals surface area contributed by atoms with Gasteiger partial charge < -0.3 is 19.8 Å². The molecule has 0 unspecified atom stereocenters.